The van der Waals surface area contributed by atoms with Gasteiger partial charge in [-0.25, -0.2) is 23.7 Å². The van der Waals surface area contributed by atoms with Crippen LogP contribution in [0.5, 0.6) is 0 Å². The molecule has 0 radical (unpaired) electrons. The Hall–Kier alpha value is -2.07. The number of aliphatic hydroxyl groups excluding tert-OH is 1. The first-order valence-electron chi connectivity index (χ1n) is 10.4. The summed E-state index contributed by atoms with van der Waals surface area (Å²) < 4.78 is 45.2. The van der Waals surface area contributed by atoms with E-state index < -0.39 is 53.7 Å². The van der Waals surface area contributed by atoms with Gasteiger partial charge in [-0.2, -0.15) is 12.6 Å². The molecule has 0 aliphatic carbocycles. The Balaban J connectivity index is 2.47. The number of thiol groups is 1. The first-order chi connectivity index (χ1) is 16.5. The lowest BCUT2D eigenvalue weighted by Crippen LogP contribution is -2.31. The Labute approximate surface area is 219 Å². The number of nitrogens with zero attached hydrogens (tertiary/aromatic N) is 1. The number of aliphatic hydroxyl groups is 1. The average molecular weight is 627 g/mol. The van der Waals surface area contributed by atoms with Crippen LogP contribution in [0.4, 0.5) is 24.5 Å². The maximum Gasteiger partial charge on any atom is 0.277 e. The largest absolute Gasteiger partial charge is 0.394 e. The van der Waals surface area contributed by atoms with E-state index in [1.165, 1.54) is 25.1 Å². The van der Waals surface area contributed by atoms with Crippen LogP contribution in [0.2, 0.25) is 0 Å². The molecule has 35 heavy (non-hydrogen) atoms. The van der Waals surface area contributed by atoms with E-state index in [-0.39, 0.29) is 29.7 Å². The van der Waals surface area contributed by atoms with E-state index in [1.807, 2.05) is 35.0 Å². The van der Waals surface area contributed by atoms with Crippen LogP contribution in [0.1, 0.15) is 36.2 Å². The van der Waals surface area contributed by atoms with Gasteiger partial charge in [0.2, 0.25) is 5.91 Å². The quantitative estimate of drug-likeness (QED) is 0.123. The van der Waals surface area contributed by atoms with Gasteiger partial charge in [0, 0.05) is 21.3 Å². The summed E-state index contributed by atoms with van der Waals surface area (Å²) in [5, 5.41) is 12.1. The molecular formula is C22H25F3IN3O5S. The summed E-state index contributed by atoms with van der Waals surface area (Å²) in [6, 6.07) is 5.01. The molecule has 0 aromatic heterocycles. The maximum absolute atomic E-state index is 15.2. The van der Waals surface area contributed by atoms with Crippen molar-refractivity contribution in [3.63, 3.8) is 0 Å². The Morgan fingerprint density at radius 1 is 1.20 bits per heavy atom. The zero-order valence-electron chi connectivity index (χ0n) is 18.9. The Morgan fingerprint density at radius 3 is 2.51 bits per heavy atom. The lowest BCUT2D eigenvalue weighted by atomic mass is 10.1. The van der Waals surface area contributed by atoms with E-state index in [4.69, 9.17) is 14.8 Å². The molecule has 2 rings (SSSR count). The summed E-state index contributed by atoms with van der Waals surface area (Å²) in [5.41, 5.74) is 0.371. The van der Waals surface area contributed by atoms with Gasteiger partial charge in [-0.15, -0.1) is 0 Å². The summed E-state index contributed by atoms with van der Waals surface area (Å²) in [6.45, 7) is 1.94. The van der Waals surface area contributed by atoms with Crippen molar-refractivity contribution in [3.05, 3.63) is 56.4 Å². The molecule has 3 N–H and O–H groups in total. The van der Waals surface area contributed by atoms with Gasteiger partial charge in [0.05, 0.1) is 43.3 Å². The Morgan fingerprint density at radius 2 is 1.91 bits per heavy atom. The summed E-state index contributed by atoms with van der Waals surface area (Å²) in [5.74, 6) is -5.15. The first kappa shape index (κ1) is 29.2. The van der Waals surface area contributed by atoms with Crippen LogP contribution in [0.25, 0.3) is 0 Å². The molecule has 0 heterocycles. The van der Waals surface area contributed by atoms with E-state index in [9.17, 15) is 14.0 Å². The van der Waals surface area contributed by atoms with E-state index >= 15 is 8.78 Å². The highest BCUT2D eigenvalue weighted by atomic mass is 127. The third-order valence-electron chi connectivity index (χ3n) is 4.52. The van der Waals surface area contributed by atoms with Crippen molar-refractivity contribution in [1.29, 1.82) is 0 Å². The Kier molecular flexibility index (Phi) is 11.6. The molecule has 13 heteroatoms. The molecule has 0 aliphatic rings. The number of halogens is 4. The fourth-order valence-electron chi connectivity index (χ4n) is 2.77. The zero-order chi connectivity index (χ0) is 26.1. The van der Waals surface area contributed by atoms with Crippen molar-refractivity contribution < 1.29 is 37.5 Å². The molecular weight excluding hydrogens is 602 g/mol. The maximum atomic E-state index is 15.2. The fourth-order valence-corrected chi connectivity index (χ4v) is 3.33. The van der Waals surface area contributed by atoms with E-state index in [1.54, 1.807) is 0 Å². The predicted octanol–water partition coefficient (Wildman–Crippen LogP) is 4.09. The lowest BCUT2D eigenvalue weighted by Gasteiger charge is -2.22. The number of carbonyl (C=O) groups is 2. The van der Waals surface area contributed by atoms with E-state index in [0.29, 0.717) is 9.99 Å². The van der Waals surface area contributed by atoms with Gasteiger partial charge in [-0.3, -0.25) is 19.3 Å². The minimum atomic E-state index is -1.47. The highest BCUT2D eigenvalue weighted by Gasteiger charge is 2.25. The van der Waals surface area contributed by atoms with Crippen LogP contribution in [0.3, 0.4) is 0 Å². The van der Waals surface area contributed by atoms with E-state index in [2.05, 4.69) is 17.9 Å². The van der Waals surface area contributed by atoms with Crippen molar-refractivity contribution in [3.8, 4) is 0 Å². The summed E-state index contributed by atoms with van der Waals surface area (Å²) in [7, 11) is 0. The number of carbonyl (C=O) groups excluding carboxylic acids is 2. The highest BCUT2D eigenvalue weighted by molar-refractivity contribution is 14.1. The molecule has 2 amide bonds. The molecule has 1 atom stereocenters. The second-order valence-electron chi connectivity index (χ2n) is 7.37. The topological polar surface area (TPSA) is 100 Å². The number of hydrogen-bond donors (Lipinski definition) is 4. The summed E-state index contributed by atoms with van der Waals surface area (Å²) in [6.07, 6.45) is 0.490. The molecule has 0 fully saturated rings. The van der Waals surface area contributed by atoms with Gasteiger partial charge < -0.3 is 10.4 Å². The second-order valence-corrected chi connectivity index (χ2v) is 9.49. The van der Waals surface area contributed by atoms with Gasteiger partial charge in [-0.05, 0) is 53.3 Å². The monoisotopic (exact) mass is 627 g/mol. The van der Waals surface area contributed by atoms with Gasteiger partial charge in [0.15, 0.2) is 11.6 Å². The minimum absolute atomic E-state index is 0.0146. The van der Waals surface area contributed by atoms with Crippen LogP contribution in [-0.4, -0.2) is 47.1 Å². The molecule has 192 valence electrons. The van der Waals surface area contributed by atoms with Gasteiger partial charge in [-0.1, -0.05) is 6.92 Å². The van der Waals surface area contributed by atoms with Crippen LogP contribution < -0.4 is 10.8 Å². The zero-order valence-corrected chi connectivity index (χ0v) is 22.0. The van der Waals surface area contributed by atoms with Crippen molar-refractivity contribution in [1.82, 2.24) is 10.5 Å². The molecule has 0 bridgehead atoms. The van der Waals surface area contributed by atoms with Crippen molar-refractivity contribution in [2.75, 3.05) is 25.1 Å². The summed E-state index contributed by atoms with van der Waals surface area (Å²) >= 11 is 6.10. The van der Waals surface area contributed by atoms with Crippen LogP contribution in [-0.2, 0) is 21.0 Å². The van der Waals surface area contributed by atoms with E-state index in [0.717, 1.165) is 11.1 Å². The predicted molar refractivity (Wildman–Crippen MR) is 135 cm³/mol. The second kappa shape index (κ2) is 13.9. The number of rotatable bonds is 12. The Bertz CT molecular complexity index is 1060. The smallest absolute Gasteiger partial charge is 0.277 e. The van der Waals surface area contributed by atoms with Crippen LogP contribution in [0, 0.1) is 21.0 Å². The van der Waals surface area contributed by atoms with Crippen LogP contribution in [0.15, 0.2) is 24.3 Å². The molecule has 8 nitrogen and oxygen atoms in total. The minimum Gasteiger partial charge on any atom is -0.394 e. The van der Waals surface area contributed by atoms with Gasteiger partial charge in [0.25, 0.3) is 5.91 Å². The molecule has 2 aromatic rings. The van der Waals surface area contributed by atoms with Crippen molar-refractivity contribution in [2.45, 2.75) is 32.1 Å². The average Bonchev–Trinajstić information content (AvgIpc) is 2.78. The van der Waals surface area contributed by atoms with Gasteiger partial charge in [0.1, 0.15) is 5.82 Å². The third-order valence-corrected chi connectivity index (χ3v) is 5.45. The fraction of sp³-hybridized carbons (Fsp3) is 0.364. The van der Waals surface area contributed by atoms with Crippen molar-refractivity contribution in [2.24, 2.45) is 0 Å². The summed E-state index contributed by atoms with van der Waals surface area (Å²) in [4.78, 5) is 34.8. The molecule has 0 saturated carbocycles. The number of hydrogen-bond acceptors (Lipinski definition) is 7. The first-order valence-corrected chi connectivity index (χ1v) is 12.0. The normalized spacial score (nSPS) is 11.8. The molecule has 0 saturated heterocycles. The number of anilines is 2. The van der Waals surface area contributed by atoms with Crippen LogP contribution >= 0.6 is 35.2 Å². The molecule has 0 aliphatic heterocycles. The number of benzene rings is 2. The highest BCUT2D eigenvalue weighted by Crippen LogP contribution is 2.31. The molecule has 0 spiro atoms. The number of hydroxylamine groups is 3. The standard InChI is InChI=1S/C22H25F3IN3O5S/c1-12(35)5-7-34-29(13(2)31)11-14-9-16(22(32)28-33-8-6-30)21(20(25)19(14)24)27-18-4-3-15(26)10-17(18)23/h3-4,9-10,12,27,30,35H,5-8,11H2,1-2H3,(H,28,32). The van der Waals surface area contributed by atoms with Crippen molar-refractivity contribution >= 4 is 58.4 Å². The molecule has 2 aromatic carbocycles. The van der Waals surface area contributed by atoms with Gasteiger partial charge >= 0.3 is 0 Å². The molecule has 1 unspecified atom stereocenters. The SMILES string of the molecule is CC(=O)N(Cc1cc(C(=O)NOCCO)c(Nc2ccc(I)cc2F)c(F)c1F)OCCC(C)S. The third kappa shape index (κ3) is 8.52. The number of nitrogens with one attached hydrogen (secondary N) is 2. The number of amides is 2. The lowest BCUT2D eigenvalue weighted by molar-refractivity contribution is -0.188.